The van der Waals surface area contributed by atoms with Crippen molar-refractivity contribution in [2.75, 3.05) is 18.4 Å². The van der Waals surface area contributed by atoms with Gasteiger partial charge in [0.2, 0.25) is 5.91 Å². The van der Waals surface area contributed by atoms with Crippen molar-refractivity contribution in [2.24, 2.45) is 0 Å². The van der Waals surface area contributed by atoms with Gasteiger partial charge in [-0.2, -0.15) is 0 Å². The molecule has 1 fully saturated rings. The number of likely N-dealkylation sites (tertiary alicyclic amines) is 1. The highest BCUT2D eigenvalue weighted by molar-refractivity contribution is 6.07. The minimum Gasteiger partial charge on any atom is -0.325 e. The number of rotatable bonds is 1. The zero-order chi connectivity index (χ0) is 11.3. The highest BCUT2D eigenvalue weighted by atomic mass is 16.2. The summed E-state index contributed by atoms with van der Waals surface area (Å²) >= 11 is 0. The molecule has 0 bridgehead atoms. The number of carbonyl (C=O) groups is 1. The number of anilines is 1. The summed E-state index contributed by atoms with van der Waals surface area (Å²) in [7, 11) is 0. The van der Waals surface area contributed by atoms with Gasteiger partial charge in [-0.15, -0.1) is 0 Å². The molecule has 3 heteroatoms. The molecule has 1 aromatic rings. The van der Waals surface area contributed by atoms with Gasteiger partial charge < -0.3 is 5.32 Å². The van der Waals surface area contributed by atoms with Gasteiger partial charge in [-0.1, -0.05) is 18.2 Å². The molecule has 0 radical (unpaired) electrons. The van der Waals surface area contributed by atoms with Crippen molar-refractivity contribution in [3.63, 3.8) is 0 Å². The van der Waals surface area contributed by atoms with E-state index in [2.05, 4.69) is 30.1 Å². The molecule has 0 unspecified atom stereocenters. The van der Waals surface area contributed by atoms with E-state index in [9.17, 15) is 4.79 Å². The van der Waals surface area contributed by atoms with E-state index < -0.39 is 0 Å². The number of nitrogens with one attached hydrogen (secondary N) is 1. The van der Waals surface area contributed by atoms with Gasteiger partial charge >= 0.3 is 0 Å². The largest absolute Gasteiger partial charge is 0.325 e. The Balaban J connectivity index is 1.96. The van der Waals surface area contributed by atoms with Crippen molar-refractivity contribution in [1.82, 2.24) is 4.90 Å². The quantitative estimate of drug-likeness (QED) is 0.773. The smallest absolute Gasteiger partial charge is 0.237 e. The van der Waals surface area contributed by atoms with Crippen LogP contribution < -0.4 is 5.32 Å². The van der Waals surface area contributed by atoms with Crippen LogP contribution in [0.4, 0.5) is 5.69 Å². The fourth-order valence-corrected chi connectivity index (χ4v) is 2.70. The third kappa shape index (κ3) is 1.09. The predicted molar refractivity (Wildman–Crippen MR) is 63.5 cm³/mol. The highest BCUT2D eigenvalue weighted by Gasteiger charge is 2.55. The van der Waals surface area contributed by atoms with Crippen LogP contribution in [-0.4, -0.2) is 29.9 Å². The first-order valence-electron chi connectivity index (χ1n) is 5.78. The van der Waals surface area contributed by atoms with E-state index in [1.54, 1.807) is 0 Å². The number of hydrogen-bond acceptors (Lipinski definition) is 2. The molecule has 3 nitrogen and oxygen atoms in total. The van der Waals surface area contributed by atoms with Gasteiger partial charge in [0.15, 0.2) is 0 Å². The minimum atomic E-state index is -0.263. The van der Waals surface area contributed by atoms with Crippen LogP contribution in [0, 0.1) is 0 Å². The van der Waals surface area contributed by atoms with Gasteiger partial charge in [-0.3, -0.25) is 9.69 Å². The Bertz CT molecular complexity index is 447. The molecule has 3 rings (SSSR count). The summed E-state index contributed by atoms with van der Waals surface area (Å²) in [5.74, 6) is 0.172. The number of fused-ring (bicyclic) bond motifs is 2. The maximum atomic E-state index is 12.1. The van der Waals surface area contributed by atoms with Crippen LogP contribution in [0.5, 0.6) is 0 Å². The van der Waals surface area contributed by atoms with Gasteiger partial charge in [-0.25, -0.2) is 0 Å². The van der Waals surface area contributed by atoms with E-state index in [1.807, 2.05) is 18.2 Å². The second-order valence-corrected chi connectivity index (χ2v) is 5.08. The summed E-state index contributed by atoms with van der Waals surface area (Å²) in [5, 5.41) is 2.98. The SMILES string of the molecule is CC(C)N1CC2(C1)C(=O)Nc1ccccc12. The second-order valence-electron chi connectivity index (χ2n) is 5.08. The van der Waals surface area contributed by atoms with Gasteiger partial charge in [0.05, 0.1) is 0 Å². The Morgan fingerprint density at radius 3 is 2.69 bits per heavy atom. The predicted octanol–water partition coefficient (Wildman–Crippen LogP) is 1.60. The van der Waals surface area contributed by atoms with Crippen molar-refractivity contribution in [3.05, 3.63) is 29.8 Å². The molecule has 0 aliphatic carbocycles. The molecule has 2 aliphatic rings. The number of para-hydroxylation sites is 1. The van der Waals surface area contributed by atoms with Gasteiger partial charge in [-0.05, 0) is 25.5 Å². The molecule has 0 atom stereocenters. The Morgan fingerprint density at radius 2 is 2.00 bits per heavy atom. The summed E-state index contributed by atoms with van der Waals surface area (Å²) in [6, 6.07) is 8.56. The highest BCUT2D eigenvalue weighted by Crippen LogP contribution is 2.44. The average molecular weight is 216 g/mol. The Morgan fingerprint density at radius 1 is 1.31 bits per heavy atom. The zero-order valence-electron chi connectivity index (χ0n) is 9.66. The zero-order valence-corrected chi connectivity index (χ0v) is 9.66. The summed E-state index contributed by atoms with van der Waals surface area (Å²) in [5.41, 5.74) is 1.91. The van der Waals surface area contributed by atoms with Crippen molar-refractivity contribution in [1.29, 1.82) is 0 Å². The van der Waals surface area contributed by atoms with Crippen molar-refractivity contribution in [2.45, 2.75) is 25.3 Å². The standard InChI is InChI=1S/C13H16N2O/c1-9(2)15-7-13(8-15)10-5-3-4-6-11(10)14-12(13)16/h3-6,9H,7-8H2,1-2H3,(H,14,16). The van der Waals surface area contributed by atoms with Crippen molar-refractivity contribution in [3.8, 4) is 0 Å². The van der Waals surface area contributed by atoms with Crippen LogP contribution in [0.25, 0.3) is 0 Å². The summed E-state index contributed by atoms with van der Waals surface area (Å²) < 4.78 is 0. The molecule has 1 N–H and O–H groups in total. The number of nitrogens with zero attached hydrogens (tertiary/aromatic N) is 1. The van der Waals surface area contributed by atoms with Crippen molar-refractivity contribution >= 4 is 11.6 Å². The summed E-state index contributed by atoms with van der Waals surface area (Å²) in [6.07, 6.45) is 0. The monoisotopic (exact) mass is 216 g/mol. The molecule has 0 saturated carbocycles. The molecule has 1 aromatic carbocycles. The summed E-state index contributed by atoms with van der Waals surface area (Å²) in [6.45, 7) is 6.05. The van der Waals surface area contributed by atoms with Crippen LogP contribution in [0.1, 0.15) is 19.4 Å². The minimum absolute atomic E-state index is 0.172. The van der Waals surface area contributed by atoms with Crippen LogP contribution in [0.2, 0.25) is 0 Å². The molecule has 1 spiro atoms. The van der Waals surface area contributed by atoms with E-state index in [4.69, 9.17) is 0 Å². The first-order chi connectivity index (χ1) is 7.63. The first kappa shape index (κ1) is 9.85. The average Bonchev–Trinajstić information content (AvgIpc) is 2.47. The Labute approximate surface area is 95.4 Å². The maximum Gasteiger partial charge on any atom is 0.237 e. The molecular weight excluding hydrogens is 200 g/mol. The lowest BCUT2D eigenvalue weighted by Crippen LogP contribution is -2.64. The lowest BCUT2D eigenvalue weighted by Gasteiger charge is -2.48. The first-order valence-corrected chi connectivity index (χ1v) is 5.78. The third-order valence-electron chi connectivity index (χ3n) is 3.80. The van der Waals surface area contributed by atoms with E-state index in [0.717, 1.165) is 18.8 Å². The Kier molecular flexibility index (Phi) is 1.89. The lowest BCUT2D eigenvalue weighted by atomic mass is 9.74. The normalized spacial score (nSPS) is 22.1. The maximum absolute atomic E-state index is 12.1. The van der Waals surface area contributed by atoms with Crippen molar-refractivity contribution < 1.29 is 4.79 Å². The molecule has 2 heterocycles. The molecular formula is C13H16N2O. The number of amides is 1. The van der Waals surface area contributed by atoms with Gasteiger partial charge in [0, 0.05) is 24.8 Å². The molecule has 0 aromatic heterocycles. The fourth-order valence-electron chi connectivity index (χ4n) is 2.70. The second kappa shape index (κ2) is 3.08. The molecule has 84 valence electrons. The molecule has 1 amide bonds. The fraction of sp³-hybridized carbons (Fsp3) is 0.462. The third-order valence-corrected chi connectivity index (χ3v) is 3.80. The van der Waals surface area contributed by atoms with E-state index in [-0.39, 0.29) is 11.3 Å². The van der Waals surface area contributed by atoms with Crippen LogP contribution in [0.3, 0.4) is 0 Å². The van der Waals surface area contributed by atoms with E-state index in [1.165, 1.54) is 5.56 Å². The van der Waals surface area contributed by atoms with Crippen LogP contribution >= 0.6 is 0 Å². The molecule has 1 saturated heterocycles. The number of hydrogen-bond donors (Lipinski definition) is 1. The van der Waals surface area contributed by atoms with E-state index >= 15 is 0 Å². The lowest BCUT2D eigenvalue weighted by molar-refractivity contribution is -0.127. The van der Waals surface area contributed by atoms with Crippen LogP contribution in [0.15, 0.2) is 24.3 Å². The topological polar surface area (TPSA) is 32.3 Å². The Hall–Kier alpha value is -1.35. The van der Waals surface area contributed by atoms with Gasteiger partial charge in [0.1, 0.15) is 5.41 Å². The van der Waals surface area contributed by atoms with E-state index in [0.29, 0.717) is 6.04 Å². The van der Waals surface area contributed by atoms with Gasteiger partial charge in [0.25, 0.3) is 0 Å². The summed E-state index contributed by atoms with van der Waals surface area (Å²) in [4.78, 5) is 14.4. The number of carbonyl (C=O) groups excluding carboxylic acids is 1. The molecule has 16 heavy (non-hydrogen) atoms. The van der Waals surface area contributed by atoms with Crippen LogP contribution in [-0.2, 0) is 10.2 Å². The molecule has 2 aliphatic heterocycles. The number of benzene rings is 1.